The number of hydrogen-bond donors (Lipinski definition) is 0. The van der Waals surface area contributed by atoms with Gasteiger partial charge in [-0.1, -0.05) is 43.8 Å². The van der Waals surface area contributed by atoms with Gasteiger partial charge in [-0.3, -0.25) is 4.57 Å². The lowest BCUT2D eigenvalue weighted by atomic mass is 10.3. The maximum Gasteiger partial charge on any atom is 0.232 e. The molecule has 0 radical (unpaired) electrons. The second kappa shape index (κ2) is 7.15. The summed E-state index contributed by atoms with van der Waals surface area (Å²) in [6.07, 6.45) is 1.11. The maximum atomic E-state index is 5.45. The van der Waals surface area contributed by atoms with Gasteiger partial charge in [0.05, 0.1) is 18.9 Å². The number of hydrogen-bond acceptors (Lipinski definition) is 5. The van der Waals surface area contributed by atoms with Gasteiger partial charge in [-0.2, -0.15) is 0 Å². The van der Waals surface area contributed by atoms with Crippen LogP contribution in [0.3, 0.4) is 0 Å². The van der Waals surface area contributed by atoms with Gasteiger partial charge in [0.1, 0.15) is 0 Å². The van der Waals surface area contributed by atoms with Crippen LogP contribution in [0.5, 0.6) is 0 Å². The monoisotopic (exact) mass is 318 g/mol. The first kappa shape index (κ1) is 15.4. The molecule has 1 fully saturated rings. The SMILES string of the molecule is CCC(C)Sc1nnc(N2CCOCC2)n1-c1ccccc1. The third kappa shape index (κ3) is 3.28. The molecule has 1 unspecified atom stereocenters. The van der Waals surface area contributed by atoms with Gasteiger partial charge in [-0.05, 0) is 18.6 Å². The summed E-state index contributed by atoms with van der Waals surface area (Å²) in [5.41, 5.74) is 1.11. The van der Waals surface area contributed by atoms with Crippen LogP contribution < -0.4 is 4.90 Å². The van der Waals surface area contributed by atoms with E-state index in [1.54, 1.807) is 11.8 Å². The van der Waals surface area contributed by atoms with Crippen LogP contribution in [0.2, 0.25) is 0 Å². The molecule has 0 N–H and O–H groups in total. The van der Waals surface area contributed by atoms with Crippen molar-refractivity contribution < 1.29 is 4.74 Å². The number of nitrogens with zero attached hydrogens (tertiary/aromatic N) is 4. The molecule has 1 saturated heterocycles. The van der Waals surface area contributed by atoms with E-state index in [2.05, 4.69) is 57.8 Å². The fourth-order valence-corrected chi connectivity index (χ4v) is 3.28. The number of morpholine rings is 1. The topological polar surface area (TPSA) is 43.2 Å². The Morgan fingerprint density at radius 3 is 2.59 bits per heavy atom. The first-order chi connectivity index (χ1) is 10.8. The van der Waals surface area contributed by atoms with Crippen LogP contribution >= 0.6 is 11.8 Å². The number of aromatic nitrogens is 3. The van der Waals surface area contributed by atoms with Crippen LogP contribution in [0, 0.1) is 0 Å². The molecule has 1 aliphatic heterocycles. The predicted molar refractivity (Wildman–Crippen MR) is 90.0 cm³/mol. The van der Waals surface area contributed by atoms with Crippen molar-refractivity contribution in [3.05, 3.63) is 30.3 Å². The molecule has 1 aromatic heterocycles. The molecule has 118 valence electrons. The first-order valence-electron chi connectivity index (χ1n) is 7.79. The summed E-state index contributed by atoms with van der Waals surface area (Å²) in [6, 6.07) is 10.3. The van der Waals surface area contributed by atoms with E-state index in [0.717, 1.165) is 49.5 Å². The number of rotatable bonds is 5. The van der Waals surface area contributed by atoms with Crippen molar-refractivity contribution in [2.24, 2.45) is 0 Å². The molecule has 1 aliphatic rings. The summed E-state index contributed by atoms with van der Waals surface area (Å²) in [5, 5.41) is 10.4. The van der Waals surface area contributed by atoms with Crippen molar-refractivity contribution in [1.29, 1.82) is 0 Å². The van der Waals surface area contributed by atoms with Crippen LogP contribution in [0.15, 0.2) is 35.5 Å². The zero-order valence-corrected chi connectivity index (χ0v) is 13.9. The molecule has 1 aromatic carbocycles. The van der Waals surface area contributed by atoms with Crippen LogP contribution in [0.25, 0.3) is 5.69 Å². The molecule has 0 spiro atoms. The highest BCUT2D eigenvalue weighted by molar-refractivity contribution is 7.99. The van der Waals surface area contributed by atoms with E-state index < -0.39 is 0 Å². The van der Waals surface area contributed by atoms with E-state index in [0.29, 0.717) is 5.25 Å². The van der Waals surface area contributed by atoms with Crippen molar-refractivity contribution in [2.45, 2.75) is 30.7 Å². The van der Waals surface area contributed by atoms with Crippen LogP contribution in [0.1, 0.15) is 20.3 Å². The molecule has 0 bridgehead atoms. The summed E-state index contributed by atoms with van der Waals surface area (Å²) >= 11 is 1.78. The Balaban J connectivity index is 1.99. The number of ether oxygens (including phenoxy) is 1. The van der Waals surface area contributed by atoms with E-state index in [-0.39, 0.29) is 0 Å². The lowest BCUT2D eigenvalue weighted by molar-refractivity contribution is 0.122. The van der Waals surface area contributed by atoms with E-state index in [1.807, 2.05) is 6.07 Å². The minimum absolute atomic E-state index is 0.518. The van der Waals surface area contributed by atoms with Crippen LogP contribution in [-0.4, -0.2) is 46.3 Å². The highest BCUT2D eigenvalue weighted by Gasteiger charge is 2.22. The number of benzene rings is 1. The van der Waals surface area contributed by atoms with E-state index in [1.165, 1.54) is 0 Å². The third-order valence-electron chi connectivity index (χ3n) is 3.81. The predicted octanol–water partition coefficient (Wildman–Crippen LogP) is 2.99. The Bertz CT molecular complexity index is 595. The Morgan fingerprint density at radius 1 is 1.18 bits per heavy atom. The zero-order chi connectivity index (χ0) is 15.4. The molecule has 1 atom stereocenters. The Labute approximate surface area is 135 Å². The molecule has 0 aliphatic carbocycles. The van der Waals surface area contributed by atoms with Crippen LogP contribution in [0.4, 0.5) is 5.95 Å². The summed E-state index contributed by atoms with van der Waals surface area (Å²) in [6.45, 7) is 7.63. The van der Waals surface area contributed by atoms with E-state index in [9.17, 15) is 0 Å². The minimum atomic E-state index is 0.518. The lowest BCUT2D eigenvalue weighted by Gasteiger charge is -2.28. The normalized spacial score (nSPS) is 16.7. The number of anilines is 1. The van der Waals surface area contributed by atoms with Crippen molar-refractivity contribution in [3.8, 4) is 5.69 Å². The van der Waals surface area contributed by atoms with E-state index in [4.69, 9.17) is 4.74 Å². The molecule has 22 heavy (non-hydrogen) atoms. The van der Waals surface area contributed by atoms with Gasteiger partial charge in [0, 0.05) is 18.3 Å². The molecule has 2 aromatic rings. The van der Waals surface area contributed by atoms with Gasteiger partial charge in [-0.15, -0.1) is 10.2 Å². The molecule has 0 amide bonds. The second-order valence-corrected chi connectivity index (χ2v) is 6.80. The molecule has 6 heteroatoms. The lowest BCUT2D eigenvalue weighted by Crippen LogP contribution is -2.37. The zero-order valence-electron chi connectivity index (χ0n) is 13.1. The minimum Gasteiger partial charge on any atom is -0.378 e. The fraction of sp³-hybridized carbons (Fsp3) is 0.500. The first-order valence-corrected chi connectivity index (χ1v) is 8.67. The van der Waals surface area contributed by atoms with Crippen molar-refractivity contribution in [1.82, 2.24) is 14.8 Å². The molecule has 5 nitrogen and oxygen atoms in total. The fourth-order valence-electron chi connectivity index (χ4n) is 2.37. The molecule has 2 heterocycles. The average molecular weight is 318 g/mol. The van der Waals surface area contributed by atoms with E-state index >= 15 is 0 Å². The summed E-state index contributed by atoms with van der Waals surface area (Å²) in [4.78, 5) is 2.25. The summed E-state index contributed by atoms with van der Waals surface area (Å²) in [7, 11) is 0. The molecular formula is C16H22N4OS. The molecule has 3 rings (SSSR count). The number of thioether (sulfide) groups is 1. The van der Waals surface area contributed by atoms with Gasteiger partial charge >= 0.3 is 0 Å². The van der Waals surface area contributed by atoms with Crippen LogP contribution in [-0.2, 0) is 4.74 Å². The molecular weight excluding hydrogens is 296 g/mol. The highest BCUT2D eigenvalue weighted by Crippen LogP contribution is 2.30. The van der Waals surface area contributed by atoms with Crippen molar-refractivity contribution in [3.63, 3.8) is 0 Å². The quantitative estimate of drug-likeness (QED) is 0.793. The standard InChI is InChI=1S/C16H22N4OS/c1-3-13(2)22-16-18-17-15(19-9-11-21-12-10-19)20(16)14-7-5-4-6-8-14/h4-8,13H,3,9-12H2,1-2H3. The largest absolute Gasteiger partial charge is 0.378 e. The maximum absolute atomic E-state index is 5.45. The Kier molecular flexibility index (Phi) is 5.00. The summed E-state index contributed by atoms with van der Waals surface area (Å²) < 4.78 is 7.62. The van der Waals surface area contributed by atoms with Gasteiger partial charge in [0.25, 0.3) is 0 Å². The summed E-state index contributed by atoms with van der Waals surface area (Å²) in [5.74, 6) is 0.917. The van der Waals surface area contributed by atoms with Gasteiger partial charge < -0.3 is 9.64 Å². The molecule has 0 saturated carbocycles. The second-order valence-electron chi connectivity index (χ2n) is 5.39. The van der Waals surface area contributed by atoms with Gasteiger partial charge in [0.2, 0.25) is 5.95 Å². The third-order valence-corrected chi connectivity index (χ3v) is 5.02. The Hall–Kier alpha value is -1.53. The van der Waals surface area contributed by atoms with Crippen molar-refractivity contribution >= 4 is 17.7 Å². The Morgan fingerprint density at radius 2 is 1.91 bits per heavy atom. The average Bonchev–Trinajstić information content (AvgIpc) is 3.00. The van der Waals surface area contributed by atoms with Crippen molar-refractivity contribution in [2.75, 3.05) is 31.2 Å². The smallest absolute Gasteiger partial charge is 0.232 e. The van der Waals surface area contributed by atoms with Gasteiger partial charge in [-0.25, -0.2) is 0 Å². The number of para-hydroxylation sites is 1. The highest BCUT2D eigenvalue weighted by atomic mass is 32.2. The van der Waals surface area contributed by atoms with Gasteiger partial charge in [0.15, 0.2) is 5.16 Å².